The van der Waals surface area contributed by atoms with E-state index in [0.29, 0.717) is 5.69 Å². The van der Waals surface area contributed by atoms with E-state index in [1.165, 1.54) is 4.68 Å². The van der Waals surface area contributed by atoms with Crippen LogP contribution < -0.4 is 10.5 Å². The van der Waals surface area contributed by atoms with Gasteiger partial charge in [-0.3, -0.25) is 0 Å². The monoisotopic (exact) mass is 258 g/mol. The van der Waals surface area contributed by atoms with Crippen LogP contribution in [-0.4, -0.2) is 26.1 Å². The highest BCUT2D eigenvalue weighted by Crippen LogP contribution is 2.10. The molecule has 0 fully saturated rings. The maximum atomic E-state index is 12.1. The molecule has 6 heteroatoms. The third-order valence-electron chi connectivity index (χ3n) is 3.00. The van der Waals surface area contributed by atoms with Gasteiger partial charge in [-0.25, -0.2) is 4.79 Å². The lowest BCUT2D eigenvalue weighted by Gasteiger charge is -2.15. The van der Waals surface area contributed by atoms with E-state index in [2.05, 4.69) is 16.5 Å². The highest BCUT2D eigenvalue weighted by molar-refractivity contribution is 5.28. The molecule has 0 radical (unpaired) electrons. The van der Waals surface area contributed by atoms with Crippen molar-refractivity contribution in [3.05, 3.63) is 53.0 Å². The molecular weight excluding hydrogens is 244 g/mol. The molecule has 19 heavy (non-hydrogen) atoms. The van der Waals surface area contributed by atoms with Crippen molar-refractivity contribution in [3.63, 3.8) is 0 Å². The first kappa shape index (κ1) is 11.7. The lowest BCUT2D eigenvalue weighted by atomic mass is 10.1. The number of benzene rings is 1. The molecule has 1 aliphatic carbocycles. The second kappa shape index (κ2) is 5.09. The van der Waals surface area contributed by atoms with Crippen LogP contribution in [0.3, 0.4) is 0 Å². The van der Waals surface area contributed by atoms with Crippen LogP contribution in [0.1, 0.15) is 19.3 Å². The molecule has 0 N–H and O–H groups in total. The maximum Gasteiger partial charge on any atom is 0.402 e. The highest BCUT2D eigenvalue weighted by Gasteiger charge is 2.15. The van der Waals surface area contributed by atoms with Gasteiger partial charge in [0.05, 0.1) is 5.69 Å². The number of rotatable bonds is 3. The summed E-state index contributed by atoms with van der Waals surface area (Å²) >= 11 is 0. The van der Waals surface area contributed by atoms with Crippen LogP contribution in [0.5, 0.6) is 0 Å². The summed E-state index contributed by atoms with van der Waals surface area (Å²) in [4.78, 5) is 18.6. The number of hydrogen-bond acceptors (Lipinski definition) is 4. The van der Waals surface area contributed by atoms with Gasteiger partial charge in [0.15, 0.2) is 0 Å². The molecule has 1 aromatic heterocycles. The number of para-hydroxylation sites is 1. The number of nitrogens with zero attached hydrogens (tertiary/aromatic N) is 4. The summed E-state index contributed by atoms with van der Waals surface area (Å²) in [5, 5.41) is 7.57. The SMILES string of the molecule is O=c1n(OC2C=CCCC2)nnn1-c1ccccc1. The number of tetrazole rings is 1. The standard InChI is InChI=1S/C13H14N4O2/c18-13-16(11-7-3-1-4-8-11)14-15-17(13)19-12-9-5-2-6-10-12/h1,3-5,7-9,12H,2,6,10H2. The van der Waals surface area contributed by atoms with Crippen molar-refractivity contribution < 1.29 is 4.84 Å². The van der Waals surface area contributed by atoms with Crippen molar-refractivity contribution in [2.24, 2.45) is 0 Å². The fourth-order valence-electron chi connectivity index (χ4n) is 2.03. The van der Waals surface area contributed by atoms with Gasteiger partial charge in [0, 0.05) is 0 Å². The molecule has 1 heterocycles. The van der Waals surface area contributed by atoms with Crippen LogP contribution in [0.15, 0.2) is 47.3 Å². The average Bonchev–Trinajstić information content (AvgIpc) is 2.82. The Balaban J connectivity index is 1.85. The van der Waals surface area contributed by atoms with E-state index in [4.69, 9.17) is 4.84 Å². The Morgan fingerprint density at radius 2 is 2.05 bits per heavy atom. The molecule has 0 spiro atoms. The summed E-state index contributed by atoms with van der Waals surface area (Å²) < 4.78 is 1.21. The zero-order valence-corrected chi connectivity index (χ0v) is 10.3. The Morgan fingerprint density at radius 3 is 2.79 bits per heavy atom. The number of allylic oxidation sites excluding steroid dienone is 1. The Hall–Kier alpha value is -2.37. The maximum absolute atomic E-state index is 12.1. The predicted molar refractivity (Wildman–Crippen MR) is 69.0 cm³/mol. The van der Waals surface area contributed by atoms with E-state index in [-0.39, 0.29) is 6.10 Å². The van der Waals surface area contributed by atoms with E-state index in [9.17, 15) is 4.79 Å². The Bertz CT molecular complexity index is 630. The zero-order chi connectivity index (χ0) is 13.1. The first-order valence-corrected chi connectivity index (χ1v) is 6.29. The minimum absolute atomic E-state index is 0.104. The molecular formula is C13H14N4O2. The second-order valence-electron chi connectivity index (χ2n) is 4.38. The largest absolute Gasteiger partial charge is 0.402 e. The number of aromatic nitrogens is 4. The molecule has 98 valence electrons. The smallest absolute Gasteiger partial charge is 0.384 e. The van der Waals surface area contributed by atoms with Crippen molar-refractivity contribution in [1.82, 2.24) is 20.0 Å². The van der Waals surface area contributed by atoms with Crippen LogP contribution in [0.25, 0.3) is 5.69 Å². The fourth-order valence-corrected chi connectivity index (χ4v) is 2.03. The van der Waals surface area contributed by atoms with Gasteiger partial charge in [-0.2, -0.15) is 4.68 Å². The summed E-state index contributed by atoms with van der Waals surface area (Å²) in [6.07, 6.45) is 6.92. The van der Waals surface area contributed by atoms with Gasteiger partial charge in [0.2, 0.25) is 0 Å². The molecule has 6 nitrogen and oxygen atoms in total. The topological polar surface area (TPSA) is 61.9 Å². The molecule has 1 unspecified atom stereocenters. The van der Waals surface area contributed by atoms with Crippen LogP contribution in [0, 0.1) is 0 Å². The first-order chi connectivity index (χ1) is 9.34. The summed E-state index contributed by atoms with van der Waals surface area (Å²) in [6.45, 7) is 0. The Morgan fingerprint density at radius 1 is 1.21 bits per heavy atom. The van der Waals surface area contributed by atoms with Crippen LogP contribution in [0.4, 0.5) is 0 Å². The number of hydrogen-bond donors (Lipinski definition) is 0. The minimum atomic E-state index is -0.398. The van der Waals surface area contributed by atoms with Gasteiger partial charge in [0.25, 0.3) is 0 Å². The van der Waals surface area contributed by atoms with Crippen LogP contribution in [-0.2, 0) is 0 Å². The van der Waals surface area contributed by atoms with Crippen molar-refractivity contribution in [1.29, 1.82) is 0 Å². The van der Waals surface area contributed by atoms with E-state index >= 15 is 0 Å². The molecule has 0 amide bonds. The van der Waals surface area contributed by atoms with E-state index in [1.807, 2.05) is 24.3 Å². The lowest BCUT2D eigenvalue weighted by molar-refractivity contribution is 0.0245. The summed E-state index contributed by atoms with van der Waals surface area (Å²) in [5.41, 5.74) is 0.270. The van der Waals surface area contributed by atoms with Gasteiger partial charge in [-0.15, -0.1) is 0 Å². The van der Waals surface area contributed by atoms with Gasteiger partial charge < -0.3 is 4.84 Å². The Kier molecular flexibility index (Phi) is 3.14. The van der Waals surface area contributed by atoms with Gasteiger partial charge in [-0.1, -0.05) is 24.3 Å². The van der Waals surface area contributed by atoms with E-state index < -0.39 is 5.69 Å². The normalized spacial score (nSPS) is 18.4. The summed E-state index contributed by atoms with van der Waals surface area (Å²) in [7, 11) is 0. The second-order valence-corrected chi connectivity index (χ2v) is 4.38. The van der Waals surface area contributed by atoms with E-state index in [0.717, 1.165) is 24.1 Å². The van der Waals surface area contributed by atoms with Gasteiger partial charge >= 0.3 is 5.69 Å². The van der Waals surface area contributed by atoms with Crippen LogP contribution >= 0.6 is 0 Å². The molecule has 2 aromatic rings. The van der Waals surface area contributed by atoms with Crippen molar-refractivity contribution in [2.45, 2.75) is 25.4 Å². The molecule has 0 saturated heterocycles. The summed E-state index contributed by atoms with van der Waals surface area (Å²) in [6, 6.07) is 9.14. The third-order valence-corrected chi connectivity index (χ3v) is 3.00. The zero-order valence-electron chi connectivity index (χ0n) is 10.3. The minimum Gasteiger partial charge on any atom is -0.384 e. The average molecular weight is 258 g/mol. The fraction of sp³-hybridized carbons (Fsp3) is 0.308. The molecule has 0 saturated carbocycles. The molecule has 1 aliphatic rings. The van der Waals surface area contributed by atoms with Crippen molar-refractivity contribution in [3.8, 4) is 5.69 Å². The lowest BCUT2D eigenvalue weighted by Crippen LogP contribution is -2.34. The summed E-state index contributed by atoms with van der Waals surface area (Å²) in [5.74, 6) is 0. The molecule has 0 bridgehead atoms. The van der Waals surface area contributed by atoms with Gasteiger partial charge in [0.1, 0.15) is 6.10 Å². The van der Waals surface area contributed by atoms with E-state index in [1.54, 1.807) is 12.1 Å². The molecule has 3 rings (SSSR count). The van der Waals surface area contributed by atoms with Crippen LogP contribution in [0.2, 0.25) is 0 Å². The first-order valence-electron chi connectivity index (χ1n) is 6.29. The molecule has 1 atom stereocenters. The highest BCUT2D eigenvalue weighted by atomic mass is 16.7. The quantitative estimate of drug-likeness (QED) is 0.769. The Labute approximate surface area is 109 Å². The molecule has 0 aliphatic heterocycles. The van der Waals surface area contributed by atoms with Crippen molar-refractivity contribution >= 4 is 0 Å². The van der Waals surface area contributed by atoms with Crippen molar-refractivity contribution in [2.75, 3.05) is 0 Å². The third kappa shape index (κ3) is 2.42. The molecule has 1 aromatic carbocycles. The predicted octanol–water partition coefficient (Wildman–Crippen LogP) is 0.966. The van der Waals surface area contributed by atoms with Gasteiger partial charge in [-0.05, 0) is 52.7 Å².